The molecule has 0 spiro atoms. The topological polar surface area (TPSA) is 72.9 Å². The average Bonchev–Trinajstić information content (AvgIpc) is 2.86. The number of esters is 1. The summed E-state index contributed by atoms with van der Waals surface area (Å²) in [5.74, 6) is -0.396. The van der Waals surface area contributed by atoms with Crippen LogP contribution in [0.5, 0.6) is 5.75 Å². The molecule has 1 atom stereocenters. The molecule has 1 aliphatic heterocycles. The van der Waals surface area contributed by atoms with Crippen molar-refractivity contribution in [1.29, 1.82) is 0 Å². The molecule has 1 aromatic rings. The number of hydrogen-bond acceptors (Lipinski definition) is 6. The summed E-state index contributed by atoms with van der Waals surface area (Å²) in [7, 11) is 1.22. The Morgan fingerprint density at radius 3 is 2.50 bits per heavy atom. The van der Waals surface area contributed by atoms with Gasteiger partial charge in [0, 0.05) is 0 Å². The fraction of sp³-hybridized carbons (Fsp3) is 0.235. The zero-order valence-electron chi connectivity index (χ0n) is 14.0. The lowest BCUT2D eigenvalue weighted by atomic mass is 10.2. The van der Waals surface area contributed by atoms with Gasteiger partial charge in [-0.25, -0.2) is 4.79 Å². The van der Waals surface area contributed by atoms with Crippen LogP contribution in [-0.2, 0) is 14.3 Å². The van der Waals surface area contributed by atoms with Gasteiger partial charge in [-0.05, 0) is 87.6 Å². The molecule has 0 N–H and O–H groups in total. The van der Waals surface area contributed by atoms with Gasteiger partial charge in [0.2, 0.25) is 0 Å². The van der Waals surface area contributed by atoms with E-state index in [-0.39, 0.29) is 4.91 Å². The number of hydrogen-bond donors (Lipinski definition) is 0. The molecule has 0 unspecified atom stereocenters. The van der Waals surface area contributed by atoms with Gasteiger partial charge >= 0.3 is 5.97 Å². The van der Waals surface area contributed by atoms with Crippen LogP contribution in [-0.4, -0.2) is 41.8 Å². The van der Waals surface area contributed by atoms with Gasteiger partial charge in [0.1, 0.15) is 18.4 Å². The van der Waals surface area contributed by atoms with Gasteiger partial charge in [-0.3, -0.25) is 14.5 Å². The van der Waals surface area contributed by atoms with E-state index in [9.17, 15) is 14.4 Å². The number of methoxy groups -OCH3 is 1. The Hall–Kier alpha value is -1.08. The largest absolute Gasteiger partial charge is 0.487 e. The molecule has 0 aromatic heterocycles. The summed E-state index contributed by atoms with van der Waals surface area (Å²) in [6.45, 7) is 5.49. The van der Waals surface area contributed by atoms with Crippen molar-refractivity contribution in [3.8, 4) is 5.75 Å². The Morgan fingerprint density at radius 2 is 1.96 bits per heavy atom. The summed E-state index contributed by atoms with van der Waals surface area (Å²) in [4.78, 5) is 37.5. The monoisotopic (exact) mass is 599 g/mol. The number of amides is 2. The van der Waals surface area contributed by atoms with E-state index in [0.29, 0.717) is 6.61 Å². The molecule has 0 aliphatic carbocycles. The Labute approximate surface area is 182 Å². The third-order valence-electron chi connectivity index (χ3n) is 3.42. The van der Waals surface area contributed by atoms with E-state index in [0.717, 1.165) is 35.1 Å². The molecule has 1 saturated heterocycles. The highest BCUT2D eigenvalue weighted by Crippen LogP contribution is 2.35. The maximum Gasteiger partial charge on any atom is 0.328 e. The SMILES string of the molecule is C=CCOc1c(I)cc(/C=C2/SC(=O)N([C@@H](C)C(=O)OC)C2=O)cc1I. The molecule has 1 heterocycles. The number of rotatable bonds is 6. The standard InChI is InChI=1S/C17H15I2NO5S/c1-4-5-25-14-11(18)6-10(7-12(14)19)8-13-15(21)20(17(23)26-13)9(2)16(22)24-3/h4,6-9H,1,5H2,2-3H3/b13-8+/t9-/m0/s1. The molecule has 2 rings (SSSR count). The van der Waals surface area contributed by atoms with Crippen molar-refractivity contribution >= 4 is 80.1 Å². The quantitative estimate of drug-likeness (QED) is 0.213. The summed E-state index contributed by atoms with van der Waals surface area (Å²) in [6, 6.07) is 2.76. The molecule has 0 saturated carbocycles. The second-order valence-corrected chi connectivity index (χ2v) is 8.48. The predicted octanol–water partition coefficient (Wildman–Crippen LogP) is 4.06. The first-order chi connectivity index (χ1) is 12.3. The van der Waals surface area contributed by atoms with Crippen molar-refractivity contribution < 1.29 is 23.9 Å². The predicted molar refractivity (Wildman–Crippen MR) is 117 cm³/mol. The summed E-state index contributed by atoms with van der Waals surface area (Å²) in [5, 5.41) is -0.491. The Bertz CT molecular complexity index is 785. The van der Waals surface area contributed by atoms with Gasteiger partial charge in [0.25, 0.3) is 11.1 Å². The Balaban J connectivity index is 2.30. The molecule has 138 valence electrons. The molecular formula is C17H15I2NO5S. The number of halogens is 2. The van der Waals surface area contributed by atoms with Crippen molar-refractivity contribution in [3.05, 3.63) is 42.4 Å². The fourth-order valence-electron chi connectivity index (χ4n) is 2.18. The smallest absolute Gasteiger partial charge is 0.328 e. The highest BCUT2D eigenvalue weighted by Gasteiger charge is 2.41. The first-order valence-corrected chi connectivity index (χ1v) is 10.3. The van der Waals surface area contributed by atoms with E-state index >= 15 is 0 Å². The number of ether oxygens (including phenoxy) is 2. The van der Waals surface area contributed by atoms with Crippen molar-refractivity contribution in [1.82, 2.24) is 4.90 Å². The van der Waals surface area contributed by atoms with E-state index in [1.54, 1.807) is 12.2 Å². The molecular weight excluding hydrogens is 584 g/mol. The van der Waals surface area contributed by atoms with Crippen molar-refractivity contribution in [2.45, 2.75) is 13.0 Å². The zero-order chi connectivity index (χ0) is 19.4. The third kappa shape index (κ3) is 4.60. The first kappa shape index (κ1) is 21.2. The number of carbonyl (C=O) groups is 3. The molecule has 9 heteroatoms. The molecule has 6 nitrogen and oxygen atoms in total. The van der Waals surface area contributed by atoms with Crippen LogP contribution in [0.2, 0.25) is 0 Å². The second kappa shape index (κ2) is 9.22. The van der Waals surface area contributed by atoms with Crippen molar-refractivity contribution in [3.63, 3.8) is 0 Å². The van der Waals surface area contributed by atoms with Gasteiger partial charge in [-0.15, -0.1) is 0 Å². The van der Waals surface area contributed by atoms with Crippen LogP contribution in [0.1, 0.15) is 12.5 Å². The maximum absolute atomic E-state index is 12.5. The minimum absolute atomic E-state index is 0.261. The first-order valence-electron chi connectivity index (χ1n) is 7.37. The highest BCUT2D eigenvalue weighted by atomic mass is 127. The number of imide groups is 1. The van der Waals surface area contributed by atoms with E-state index in [4.69, 9.17) is 4.74 Å². The molecule has 26 heavy (non-hydrogen) atoms. The van der Waals surface area contributed by atoms with Crippen LogP contribution in [0, 0.1) is 7.14 Å². The lowest BCUT2D eigenvalue weighted by molar-refractivity contribution is -0.148. The van der Waals surface area contributed by atoms with Crippen LogP contribution in [0.3, 0.4) is 0 Å². The van der Waals surface area contributed by atoms with E-state index in [1.807, 2.05) is 12.1 Å². The second-order valence-electron chi connectivity index (χ2n) is 5.16. The minimum atomic E-state index is -0.964. The average molecular weight is 599 g/mol. The minimum Gasteiger partial charge on any atom is -0.487 e. The summed E-state index contributed by atoms with van der Waals surface area (Å²) in [5.41, 5.74) is 0.765. The van der Waals surface area contributed by atoms with E-state index in [2.05, 4.69) is 56.5 Å². The fourth-order valence-corrected chi connectivity index (χ4v) is 5.22. The van der Waals surface area contributed by atoms with Gasteiger partial charge in [-0.2, -0.15) is 0 Å². The van der Waals surface area contributed by atoms with Gasteiger partial charge in [0.05, 0.1) is 19.2 Å². The van der Waals surface area contributed by atoms with Gasteiger partial charge < -0.3 is 9.47 Å². The van der Waals surface area contributed by atoms with Crippen molar-refractivity contribution in [2.75, 3.05) is 13.7 Å². The summed E-state index contributed by atoms with van der Waals surface area (Å²) >= 11 is 5.11. The highest BCUT2D eigenvalue weighted by molar-refractivity contribution is 14.1. The zero-order valence-corrected chi connectivity index (χ0v) is 19.1. The lowest BCUT2D eigenvalue weighted by Gasteiger charge is -2.18. The van der Waals surface area contributed by atoms with Crippen LogP contribution in [0.15, 0.2) is 29.7 Å². The Kier molecular flexibility index (Phi) is 7.52. The lowest BCUT2D eigenvalue weighted by Crippen LogP contribution is -2.42. The maximum atomic E-state index is 12.5. The number of nitrogens with zero attached hydrogens (tertiary/aromatic N) is 1. The third-order valence-corrected chi connectivity index (χ3v) is 5.90. The van der Waals surface area contributed by atoms with E-state index in [1.165, 1.54) is 14.0 Å². The number of carbonyl (C=O) groups excluding carboxylic acids is 3. The number of thioether (sulfide) groups is 1. The van der Waals surface area contributed by atoms with Gasteiger partial charge in [-0.1, -0.05) is 12.7 Å². The van der Waals surface area contributed by atoms with Crippen LogP contribution in [0.4, 0.5) is 4.79 Å². The van der Waals surface area contributed by atoms with Crippen molar-refractivity contribution in [2.24, 2.45) is 0 Å². The molecule has 0 bridgehead atoms. The molecule has 0 radical (unpaired) electrons. The summed E-state index contributed by atoms with van der Waals surface area (Å²) in [6.07, 6.45) is 3.30. The molecule has 2 amide bonds. The van der Waals surface area contributed by atoms with Crippen LogP contribution < -0.4 is 4.74 Å². The molecule has 1 fully saturated rings. The van der Waals surface area contributed by atoms with Crippen LogP contribution >= 0.6 is 56.9 Å². The van der Waals surface area contributed by atoms with Crippen LogP contribution in [0.25, 0.3) is 6.08 Å². The summed E-state index contributed by atoms with van der Waals surface area (Å²) < 4.78 is 12.0. The number of benzene rings is 1. The molecule has 1 aromatic carbocycles. The normalized spacial score (nSPS) is 16.8. The van der Waals surface area contributed by atoms with Gasteiger partial charge in [0.15, 0.2) is 0 Å². The Morgan fingerprint density at radius 1 is 1.35 bits per heavy atom. The molecule has 1 aliphatic rings. The van der Waals surface area contributed by atoms with E-state index < -0.39 is 23.2 Å².